The van der Waals surface area contributed by atoms with Crippen molar-refractivity contribution in [2.24, 2.45) is 0 Å². The molecule has 6 nitrogen and oxygen atoms in total. The van der Waals surface area contributed by atoms with Crippen LogP contribution in [0.5, 0.6) is 0 Å². The third kappa shape index (κ3) is 4.23. The number of rotatable bonds is 4. The summed E-state index contributed by atoms with van der Waals surface area (Å²) in [4.78, 5) is 7.06. The largest absolute Gasteiger partial charge is 0.378 e. The van der Waals surface area contributed by atoms with Gasteiger partial charge < -0.3 is 15.0 Å². The van der Waals surface area contributed by atoms with Crippen molar-refractivity contribution in [3.8, 4) is 11.3 Å². The Labute approximate surface area is 197 Å². The maximum Gasteiger partial charge on any atom is 0.172 e. The van der Waals surface area contributed by atoms with Crippen molar-refractivity contribution in [3.63, 3.8) is 0 Å². The maximum absolute atomic E-state index is 6.44. The summed E-state index contributed by atoms with van der Waals surface area (Å²) in [6, 6.07) is 15.7. The lowest BCUT2D eigenvalue weighted by Gasteiger charge is -2.29. The third-order valence-corrected chi connectivity index (χ3v) is 6.26. The van der Waals surface area contributed by atoms with Gasteiger partial charge in [-0.2, -0.15) is 9.61 Å². The topological polar surface area (TPSA) is 54.7 Å². The Kier molecular flexibility index (Phi) is 5.75. The molecule has 4 aromatic rings. The highest BCUT2D eigenvalue weighted by Crippen LogP contribution is 2.33. The van der Waals surface area contributed by atoms with Gasteiger partial charge in [0.05, 0.1) is 34.6 Å². The van der Waals surface area contributed by atoms with Gasteiger partial charge in [-0.25, -0.2) is 4.98 Å². The Morgan fingerprint density at radius 3 is 2.52 bits per heavy atom. The van der Waals surface area contributed by atoms with Gasteiger partial charge in [0.25, 0.3) is 0 Å². The van der Waals surface area contributed by atoms with E-state index >= 15 is 0 Å². The second-order valence-corrected chi connectivity index (χ2v) is 8.85. The summed E-state index contributed by atoms with van der Waals surface area (Å²) < 4.78 is 7.99. The zero-order valence-electron chi connectivity index (χ0n) is 16.4. The van der Waals surface area contributed by atoms with Gasteiger partial charge >= 0.3 is 0 Å². The van der Waals surface area contributed by atoms with E-state index in [-0.39, 0.29) is 0 Å². The lowest BCUT2D eigenvalue weighted by atomic mass is 10.1. The number of benzene rings is 2. The number of nitrogens with zero attached hydrogens (tertiary/aromatic N) is 4. The molecule has 9 heteroatoms. The van der Waals surface area contributed by atoms with Gasteiger partial charge in [0.1, 0.15) is 5.82 Å². The molecule has 0 radical (unpaired) electrons. The highest BCUT2D eigenvalue weighted by molar-refractivity contribution is 9.10. The van der Waals surface area contributed by atoms with E-state index in [2.05, 4.69) is 55.5 Å². The minimum absolute atomic E-state index is 0.542. The van der Waals surface area contributed by atoms with E-state index in [1.165, 1.54) is 5.69 Å². The van der Waals surface area contributed by atoms with Crippen LogP contribution in [0.2, 0.25) is 10.0 Å². The number of ether oxygens (including phenoxy) is 1. The summed E-state index contributed by atoms with van der Waals surface area (Å²) in [6.07, 6.45) is 1.72. The van der Waals surface area contributed by atoms with Crippen molar-refractivity contribution in [1.29, 1.82) is 0 Å². The fourth-order valence-electron chi connectivity index (χ4n) is 3.59. The van der Waals surface area contributed by atoms with Crippen LogP contribution in [0.4, 0.5) is 17.2 Å². The average Bonchev–Trinajstić information content (AvgIpc) is 3.16. The van der Waals surface area contributed by atoms with Crippen molar-refractivity contribution in [1.82, 2.24) is 14.6 Å². The Hall–Kier alpha value is -2.32. The first kappa shape index (κ1) is 20.6. The van der Waals surface area contributed by atoms with Gasteiger partial charge in [0.15, 0.2) is 5.65 Å². The molecule has 0 aliphatic carbocycles. The third-order valence-electron chi connectivity index (χ3n) is 5.15. The number of anilines is 3. The molecule has 1 fully saturated rings. The minimum atomic E-state index is 0.542. The summed E-state index contributed by atoms with van der Waals surface area (Å²) in [5.74, 6) is 0.774. The van der Waals surface area contributed by atoms with Crippen LogP contribution >= 0.6 is 39.1 Å². The first-order valence-corrected chi connectivity index (χ1v) is 11.3. The number of aromatic nitrogens is 3. The highest BCUT2D eigenvalue weighted by Gasteiger charge is 2.15. The monoisotopic (exact) mass is 517 g/mol. The molecular weight excluding hydrogens is 501 g/mol. The van der Waals surface area contributed by atoms with E-state index in [0.717, 1.165) is 53.5 Å². The smallest absolute Gasteiger partial charge is 0.172 e. The average molecular weight is 519 g/mol. The van der Waals surface area contributed by atoms with Crippen molar-refractivity contribution in [3.05, 3.63) is 69.2 Å². The quantitative estimate of drug-likeness (QED) is 0.356. The molecule has 5 rings (SSSR count). The molecule has 2 aromatic heterocycles. The molecule has 1 N–H and O–H groups in total. The highest BCUT2D eigenvalue weighted by atomic mass is 79.9. The van der Waals surface area contributed by atoms with E-state index in [0.29, 0.717) is 15.7 Å². The molecule has 0 bridgehead atoms. The molecule has 3 heterocycles. The number of halogens is 3. The predicted octanol–water partition coefficient (Wildman–Crippen LogP) is 6.05. The lowest BCUT2D eigenvalue weighted by Crippen LogP contribution is -2.36. The normalized spacial score (nSPS) is 14.2. The Morgan fingerprint density at radius 2 is 1.77 bits per heavy atom. The van der Waals surface area contributed by atoms with Crippen molar-refractivity contribution in [2.75, 3.05) is 36.5 Å². The number of hydrogen-bond donors (Lipinski definition) is 1. The molecule has 0 amide bonds. The summed E-state index contributed by atoms with van der Waals surface area (Å²) in [5.41, 5.74) is 4.35. The van der Waals surface area contributed by atoms with Crippen LogP contribution in [-0.2, 0) is 4.74 Å². The number of fused-ring (bicyclic) bond motifs is 1. The fourth-order valence-corrected chi connectivity index (χ4v) is 4.44. The molecule has 158 valence electrons. The Bertz CT molecular complexity index is 1240. The molecule has 31 heavy (non-hydrogen) atoms. The van der Waals surface area contributed by atoms with Crippen LogP contribution in [0.3, 0.4) is 0 Å². The maximum atomic E-state index is 6.44. The van der Waals surface area contributed by atoms with E-state index in [1.54, 1.807) is 22.8 Å². The van der Waals surface area contributed by atoms with E-state index < -0.39 is 0 Å². The van der Waals surface area contributed by atoms with Crippen molar-refractivity contribution in [2.45, 2.75) is 0 Å². The van der Waals surface area contributed by atoms with Crippen LogP contribution in [0.25, 0.3) is 16.9 Å². The predicted molar refractivity (Wildman–Crippen MR) is 129 cm³/mol. The van der Waals surface area contributed by atoms with Crippen molar-refractivity contribution < 1.29 is 4.74 Å². The zero-order valence-corrected chi connectivity index (χ0v) is 19.5. The number of morpholine rings is 1. The van der Waals surface area contributed by atoms with Gasteiger partial charge in [-0.05, 0) is 58.4 Å². The fraction of sp³-hybridized carbons (Fsp3) is 0.182. The second-order valence-electron chi connectivity index (χ2n) is 7.15. The van der Waals surface area contributed by atoms with Gasteiger partial charge in [0, 0.05) is 41.1 Å². The standard InChI is InChI=1S/C22H18BrCl2N5O/c23-18-13-26-30-21(12-20(28-22(18)30)17-6-1-14(24)11-19(17)25)27-15-2-4-16(5-3-15)29-7-9-31-10-8-29/h1-6,11-13,27H,7-10H2. The molecule has 0 atom stereocenters. The SMILES string of the molecule is Clc1ccc(-c2cc(Nc3ccc(N4CCOCC4)cc3)n3ncc(Br)c3n2)c(Cl)c1. The Morgan fingerprint density at radius 1 is 1.00 bits per heavy atom. The molecule has 1 aliphatic heterocycles. The Balaban J connectivity index is 1.50. The van der Waals surface area contributed by atoms with Crippen LogP contribution in [0.15, 0.2) is 59.2 Å². The van der Waals surface area contributed by atoms with E-state index in [9.17, 15) is 0 Å². The molecule has 1 aliphatic rings. The number of hydrogen-bond acceptors (Lipinski definition) is 5. The lowest BCUT2D eigenvalue weighted by molar-refractivity contribution is 0.122. The summed E-state index contributed by atoms with van der Waals surface area (Å²) in [6.45, 7) is 3.34. The molecule has 1 saturated heterocycles. The summed E-state index contributed by atoms with van der Waals surface area (Å²) in [7, 11) is 0. The van der Waals surface area contributed by atoms with Gasteiger partial charge in [-0.15, -0.1) is 0 Å². The van der Waals surface area contributed by atoms with Gasteiger partial charge in [-0.3, -0.25) is 0 Å². The molecule has 0 saturated carbocycles. The first-order chi connectivity index (χ1) is 15.1. The molecule has 2 aromatic carbocycles. The van der Waals surface area contributed by atoms with Crippen molar-refractivity contribution >= 4 is 62.0 Å². The summed E-state index contributed by atoms with van der Waals surface area (Å²) in [5, 5.41) is 9.03. The first-order valence-electron chi connectivity index (χ1n) is 9.78. The zero-order chi connectivity index (χ0) is 21.4. The molecular formula is C22H18BrCl2N5O. The van der Waals surface area contributed by atoms with Crippen LogP contribution < -0.4 is 10.2 Å². The number of nitrogens with one attached hydrogen (secondary N) is 1. The van der Waals surface area contributed by atoms with Crippen LogP contribution in [-0.4, -0.2) is 40.9 Å². The van der Waals surface area contributed by atoms with E-state index in [4.69, 9.17) is 32.9 Å². The molecule has 0 unspecified atom stereocenters. The van der Waals surface area contributed by atoms with Crippen LogP contribution in [0.1, 0.15) is 0 Å². The van der Waals surface area contributed by atoms with Gasteiger partial charge in [0.2, 0.25) is 0 Å². The second kappa shape index (κ2) is 8.67. The van der Waals surface area contributed by atoms with Crippen LogP contribution in [0, 0.1) is 0 Å². The minimum Gasteiger partial charge on any atom is -0.378 e. The van der Waals surface area contributed by atoms with E-state index in [1.807, 2.05) is 12.1 Å². The van der Waals surface area contributed by atoms with Gasteiger partial charge in [-0.1, -0.05) is 23.2 Å². The summed E-state index contributed by atoms with van der Waals surface area (Å²) >= 11 is 16.0. The molecule has 0 spiro atoms.